The minimum absolute atomic E-state index is 0.356. The lowest BCUT2D eigenvalue weighted by Crippen LogP contribution is -2.51. The molecule has 28 heavy (non-hydrogen) atoms. The van der Waals surface area contributed by atoms with Gasteiger partial charge in [0.2, 0.25) is 5.91 Å². The Labute approximate surface area is 164 Å². The maximum atomic E-state index is 12.6. The highest BCUT2D eigenvalue weighted by Crippen LogP contribution is 2.40. The van der Waals surface area contributed by atoms with Crippen LogP contribution in [0.2, 0.25) is 0 Å². The van der Waals surface area contributed by atoms with Gasteiger partial charge in [-0.25, -0.2) is 0 Å². The first-order valence-corrected chi connectivity index (χ1v) is 9.47. The van der Waals surface area contributed by atoms with Gasteiger partial charge in [0.25, 0.3) is 0 Å². The SMILES string of the molecule is NC(=O)[C@]1(c2ccccn2)CCCN1Cc1ccccc1Oc1ccccc1. The Morgan fingerprint density at radius 1 is 1.04 bits per heavy atom. The zero-order valence-electron chi connectivity index (χ0n) is 15.6. The number of nitrogens with two attached hydrogens (primary N) is 1. The summed E-state index contributed by atoms with van der Waals surface area (Å²) in [6.45, 7) is 1.34. The molecule has 0 bridgehead atoms. The third kappa shape index (κ3) is 3.37. The number of ether oxygens (including phenoxy) is 1. The van der Waals surface area contributed by atoms with E-state index in [1.54, 1.807) is 6.20 Å². The van der Waals surface area contributed by atoms with Gasteiger partial charge >= 0.3 is 0 Å². The van der Waals surface area contributed by atoms with Crippen molar-refractivity contribution < 1.29 is 9.53 Å². The maximum Gasteiger partial charge on any atom is 0.244 e. The molecule has 2 heterocycles. The van der Waals surface area contributed by atoms with Crippen molar-refractivity contribution in [1.82, 2.24) is 9.88 Å². The lowest BCUT2D eigenvalue weighted by Gasteiger charge is -2.35. The summed E-state index contributed by atoms with van der Waals surface area (Å²) in [6, 6.07) is 23.2. The van der Waals surface area contributed by atoms with Gasteiger partial charge in [-0.3, -0.25) is 14.7 Å². The second-order valence-electron chi connectivity index (χ2n) is 6.99. The van der Waals surface area contributed by atoms with Crippen molar-refractivity contribution in [1.29, 1.82) is 0 Å². The van der Waals surface area contributed by atoms with E-state index in [0.717, 1.165) is 30.0 Å². The van der Waals surface area contributed by atoms with Crippen LogP contribution in [0.4, 0.5) is 0 Å². The molecule has 142 valence electrons. The Balaban J connectivity index is 1.66. The van der Waals surface area contributed by atoms with Gasteiger partial charge in [0.1, 0.15) is 17.0 Å². The molecule has 1 saturated heterocycles. The van der Waals surface area contributed by atoms with Gasteiger partial charge in [0.05, 0.1) is 5.69 Å². The minimum Gasteiger partial charge on any atom is -0.457 e. The van der Waals surface area contributed by atoms with E-state index in [1.165, 1.54) is 0 Å². The molecular weight excluding hydrogens is 350 g/mol. The lowest BCUT2D eigenvalue weighted by molar-refractivity contribution is -0.129. The number of hydrogen-bond donors (Lipinski definition) is 1. The second-order valence-corrected chi connectivity index (χ2v) is 6.99. The fourth-order valence-electron chi connectivity index (χ4n) is 3.95. The predicted octanol–water partition coefficient (Wildman–Crippen LogP) is 3.85. The van der Waals surface area contributed by atoms with Crippen molar-refractivity contribution in [2.75, 3.05) is 6.54 Å². The molecule has 2 aromatic carbocycles. The first-order valence-electron chi connectivity index (χ1n) is 9.47. The van der Waals surface area contributed by atoms with Crippen molar-refractivity contribution in [3.63, 3.8) is 0 Å². The molecule has 1 amide bonds. The number of rotatable bonds is 6. The van der Waals surface area contributed by atoms with Crippen LogP contribution in [0.5, 0.6) is 11.5 Å². The minimum atomic E-state index is -0.888. The van der Waals surface area contributed by atoms with Crippen LogP contribution >= 0.6 is 0 Å². The summed E-state index contributed by atoms with van der Waals surface area (Å²) in [5.41, 5.74) is 6.75. The van der Waals surface area contributed by atoms with E-state index in [1.807, 2.05) is 72.8 Å². The van der Waals surface area contributed by atoms with E-state index in [-0.39, 0.29) is 5.91 Å². The van der Waals surface area contributed by atoms with Crippen LogP contribution in [-0.4, -0.2) is 22.3 Å². The number of benzene rings is 2. The summed E-state index contributed by atoms with van der Waals surface area (Å²) in [6.07, 6.45) is 3.27. The number of amides is 1. The molecule has 0 radical (unpaired) electrons. The number of hydrogen-bond acceptors (Lipinski definition) is 4. The standard InChI is InChI=1S/C23H23N3O2/c24-22(27)23(21-13-6-7-15-25-21)14-8-16-26(23)17-18-9-4-5-12-20(18)28-19-10-2-1-3-11-19/h1-7,9-13,15H,8,14,16-17H2,(H2,24,27)/t23-/m1/s1. The number of para-hydroxylation sites is 2. The van der Waals surface area contributed by atoms with Crippen LogP contribution in [0.15, 0.2) is 79.0 Å². The fourth-order valence-corrected chi connectivity index (χ4v) is 3.95. The molecule has 0 unspecified atom stereocenters. The molecule has 5 heteroatoms. The quantitative estimate of drug-likeness (QED) is 0.713. The van der Waals surface area contributed by atoms with Gasteiger partial charge < -0.3 is 10.5 Å². The zero-order chi connectivity index (χ0) is 19.4. The van der Waals surface area contributed by atoms with Crippen LogP contribution in [0.3, 0.4) is 0 Å². The van der Waals surface area contributed by atoms with Crippen LogP contribution in [-0.2, 0) is 16.9 Å². The molecular formula is C23H23N3O2. The van der Waals surface area contributed by atoms with E-state index < -0.39 is 5.54 Å². The molecule has 4 rings (SSSR count). The van der Waals surface area contributed by atoms with Gasteiger partial charge in [-0.2, -0.15) is 0 Å². The van der Waals surface area contributed by atoms with Gasteiger partial charge in [-0.15, -0.1) is 0 Å². The first kappa shape index (κ1) is 18.2. The average Bonchev–Trinajstić information content (AvgIpc) is 3.16. The third-order valence-electron chi connectivity index (χ3n) is 5.31. The van der Waals surface area contributed by atoms with Crippen molar-refractivity contribution in [2.45, 2.75) is 24.9 Å². The molecule has 2 N–H and O–H groups in total. The molecule has 1 aliphatic rings. The van der Waals surface area contributed by atoms with E-state index in [0.29, 0.717) is 18.7 Å². The van der Waals surface area contributed by atoms with Crippen LogP contribution < -0.4 is 10.5 Å². The lowest BCUT2D eigenvalue weighted by atomic mass is 9.90. The van der Waals surface area contributed by atoms with Crippen molar-refractivity contribution >= 4 is 5.91 Å². The van der Waals surface area contributed by atoms with Crippen LogP contribution in [0.25, 0.3) is 0 Å². The molecule has 3 aromatic rings. The highest BCUT2D eigenvalue weighted by molar-refractivity contribution is 5.86. The van der Waals surface area contributed by atoms with E-state index in [2.05, 4.69) is 9.88 Å². The Hall–Kier alpha value is -3.18. The molecule has 1 fully saturated rings. The summed E-state index contributed by atoms with van der Waals surface area (Å²) in [7, 11) is 0. The topological polar surface area (TPSA) is 68.5 Å². The van der Waals surface area contributed by atoms with Crippen LogP contribution in [0.1, 0.15) is 24.1 Å². The number of aromatic nitrogens is 1. The molecule has 1 aliphatic heterocycles. The number of primary amides is 1. The zero-order valence-corrected chi connectivity index (χ0v) is 15.6. The molecule has 1 atom stereocenters. The Morgan fingerprint density at radius 3 is 2.54 bits per heavy atom. The summed E-state index contributed by atoms with van der Waals surface area (Å²) in [4.78, 5) is 19.2. The summed E-state index contributed by atoms with van der Waals surface area (Å²) in [5, 5.41) is 0. The number of carbonyl (C=O) groups excluding carboxylic acids is 1. The highest BCUT2D eigenvalue weighted by atomic mass is 16.5. The highest BCUT2D eigenvalue weighted by Gasteiger charge is 2.48. The van der Waals surface area contributed by atoms with Crippen molar-refractivity contribution in [2.24, 2.45) is 5.73 Å². The van der Waals surface area contributed by atoms with E-state index in [4.69, 9.17) is 10.5 Å². The third-order valence-corrected chi connectivity index (χ3v) is 5.31. The largest absolute Gasteiger partial charge is 0.457 e. The Kier molecular flexibility index (Phi) is 5.08. The number of likely N-dealkylation sites (tertiary alicyclic amines) is 1. The van der Waals surface area contributed by atoms with Gasteiger partial charge in [-0.05, 0) is 49.7 Å². The monoisotopic (exact) mass is 373 g/mol. The Morgan fingerprint density at radius 2 is 1.79 bits per heavy atom. The van der Waals surface area contributed by atoms with Gasteiger partial charge in [-0.1, -0.05) is 42.5 Å². The number of carbonyl (C=O) groups is 1. The van der Waals surface area contributed by atoms with Gasteiger partial charge in [0, 0.05) is 18.3 Å². The normalized spacial score (nSPS) is 19.4. The first-order chi connectivity index (χ1) is 13.7. The summed E-state index contributed by atoms with van der Waals surface area (Å²) >= 11 is 0. The van der Waals surface area contributed by atoms with Crippen LogP contribution in [0, 0.1) is 0 Å². The molecule has 5 nitrogen and oxygen atoms in total. The Bertz CT molecular complexity index is 946. The van der Waals surface area contributed by atoms with E-state index in [9.17, 15) is 4.79 Å². The maximum absolute atomic E-state index is 12.6. The summed E-state index contributed by atoms with van der Waals surface area (Å²) in [5.74, 6) is 1.20. The molecule has 1 aromatic heterocycles. The average molecular weight is 373 g/mol. The second kappa shape index (κ2) is 7.82. The van der Waals surface area contributed by atoms with E-state index >= 15 is 0 Å². The molecule has 0 saturated carbocycles. The fraction of sp³-hybridized carbons (Fsp3) is 0.217. The van der Waals surface area contributed by atoms with Crippen molar-refractivity contribution in [3.05, 3.63) is 90.3 Å². The predicted molar refractivity (Wildman–Crippen MR) is 108 cm³/mol. The number of nitrogens with zero attached hydrogens (tertiary/aromatic N) is 2. The summed E-state index contributed by atoms with van der Waals surface area (Å²) < 4.78 is 6.10. The molecule has 0 spiro atoms. The number of pyridine rings is 1. The molecule has 0 aliphatic carbocycles. The smallest absolute Gasteiger partial charge is 0.244 e. The van der Waals surface area contributed by atoms with Gasteiger partial charge in [0.15, 0.2) is 0 Å². The van der Waals surface area contributed by atoms with Crippen molar-refractivity contribution in [3.8, 4) is 11.5 Å².